The van der Waals surface area contributed by atoms with Gasteiger partial charge in [0.25, 0.3) is 0 Å². The number of amides is 7. The van der Waals surface area contributed by atoms with E-state index in [9.17, 15) is 63.3 Å². The maximum Gasteiger partial charge on any atom is 0.326 e. The molecule has 0 aliphatic carbocycles. The van der Waals surface area contributed by atoms with Gasteiger partial charge in [0.05, 0.1) is 18.9 Å². The van der Waals surface area contributed by atoms with Crippen molar-refractivity contribution >= 4 is 71.2 Å². The van der Waals surface area contributed by atoms with Crippen LogP contribution in [0.2, 0.25) is 0 Å². The lowest BCUT2D eigenvalue weighted by atomic mass is 10.0. The Hall–Kier alpha value is -6.80. The number of hydrogen-bond acceptors (Lipinski definition) is 13. The quantitative estimate of drug-likeness (QED) is 0.0175. The van der Waals surface area contributed by atoms with E-state index in [-0.39, 0.29) is 63.0 Å². The summed E-state index contributed by atoms with van der Waals surface area (Å²) in [6.07, 6.45) is -2.97. The summed E-state index contributed by atoms with van der Waals surface area (Å²) >= 11 is 0. The van der Waals surface area contributed by atoms with Crippen LogP contribution < -0.4 is 66.3 Å². The molecule has 27 nitrogen and oxygen atoms in total. The van der Waals surface area contributed by atoms with Gasteiger partial charge in [-0.3, -0.25) is 53.1 Å². The van der Waals surface area contributed by atoms with Crippen molar-refractivity contribution in [3.05, 3.63) is 0 Å². The van der Waals surface area contributed by atoms with E-state index in [0.29, 0.717) is 0 Å². The lowest BCUT2D eigenvalue weighted by Gasteiger charge is -2.28. The Balaban J connectivity index is 6.52. The summed E-state index contributed by atoms with van der Waals surface area (Å²) in [4.78, 5) is 135. The number of rotatable bonds is 31. The number of carboxylic acids is 3. The zero-order chi connectivity index (χ0) is 48.6. The lowest BCUT2D eigenvalue weighted by Crippen LogP contribution is -2.60. The number of guanidine groups is 2. The van der Waals surface area contributed by atoms with E-state index in [2.05, 4.69) is 41.9 Å². The van der Waals surface area contributed by atoms with Gasteiger partial charge in [-0.15, -0.1) is 0 Å². The second kappa shape index (κ2) is 28.7. The fraction of sp³-hybridized carbons (Fsp3) is 0.667. The van der Waals surface area contributed by atoms with Crippen LogP contribution in [0.5, 0.6) is 0 Å². The van der Waals surface area contributed by atoms with Gasteiger partial charge >= 0.3 is 17.9 Å². The Kier molecular flexibility index (Phi) is 25.6. The van der Waals surface area contributed by atoms with E-state index in [1.165, 1.54) is 13.8 Å². The largest absolute Gasteiger partial charge is 0.481 e. The number of hydrogen-bond donors (Lipinski definition) is 15. The van der Waals surface area contributed by atoms with Crippen LogP contribution in [0.1, 0.15) is 85.5 Å². The molecule has 0 saturated heterocycles. The summed E-state index contributed by atoms with van der Waals surface area (Å²) < 4.78 is 0. The molecule has 27 heteroatoms. The van der Waals surface area contributed by atoms with E-state index in [1.54, 1.807) is 13.8 Å². The first-order valence-corrected chi connectivity index (χ1v) is 19.9. The number of nitrogens with two attached hydrogens (primary N) is 6. The Morgan fingerprint density at radius 1 is 0.508 bits per heavy atom. The molecule has 0 bridgehead atoms. The van der Waals surface area contributed by atoms with Crippen molar-refractivity contribution in [1.82, 2.24) is 31.9 Å². The molecule has 0 fully saturated rings. The number of carbonyl (C=O) groups is 10. The standard InChI is InChI=1S/C36H64N14O13/c1-16(2)13-21(31(59)48-22(14-24(38)51)33(61)50-27(17(3)4)34(62)63)47-30(58)20(9-10-25(52)53)46-32(60)23(15-26(54)55)49-29(57)19(8-6-12-44-36(41)42)45-28(56)18(37)7-5-11-43-35(39)40/h16-23,27H,5-15,37H2,1-4H3,(H2,38,51)(H,45,56)(H,46,60)(H,47,58)(H,48,59)(H,49,57)(H,50,61)(H,52,53)(H,54,55)(H,62,63)(H4,39,40,43)(H4,41,42,44)/t18-,19-,20-,21-,22-,23-,27-/m0/s1. The highest BCUT2D eigenvalue weighted by Gasteiger charge is 2.35. The van der Waals surface area contributed by atoms with Crippen LogP contribution in [-0.4, -0.2) is 142 Å². The van der Waals surface area contributed by atoms with Crippen molar-refractivity contribution in [2.24, 2.45) is 56.2 Å². The predicted octanol–water partition coefficient (Wildman–Crippen LogP) is -5.67. The maximum atomic E-state index is 13.7. The molecule has 0 aromatic rings. The van der Waals surface area contributed by atoms with Crippen molar-refractivity contribution in [2.75, 3.05) is 13.1 Å². The predicted molar refractivity (Wildman–Crippen MR) is 224 cm³/mol. The first kappa shape index (κ1) is 56.2. The smallest absolute Gasteiger partial charge is 0.326 e. The summed E-state index contributed by atoms with van der Waals surface area (Å²) in [5.41, 5.74) is 32.6. The molecule has 0 rings (SSSR count). The van der Waals surface area contributed by atoms with E-state index in [4.69, 9.17) is 34.4 Å². The van der Waals surface area contributed by atoms with Crippen LogP contribution in [0.15, 0.2) is 9.98 Å². The van der Waals surface area contributed by atoms with Gasteiger partial charge in [0.1, 0.15) is 36.3 Å². The fourth-order valence-electron chi connectivity index (χ4n) is 5.59. The van der Waals surface area contributed by atoms with Gasteiger partial charge in [-0.05, 0) is 50.4 Å². The average molecular weight is 901 g/mol. The van der Waals surface area contributed by atoms with Gasteiger partial charge in [-0.25, -0.2) is 4.79 Å². The second-order valence-corrected chi connectivity index (χ2v) is 15.2. The number of nitrogens with one attached hydrogen (secondary N) is 6. The minimum Gasteiger partial charge on any atom is -0.481 e. The zero-order valence-electron chi connectivity index (χ0n) is 35.8. The fourth-order valence-corrected chi connectivity index (χ4v) is 5.59. The van der Waals surface area contributed by atoms with E-state index in [1.807, 2.05) is 0 Å². The molecule has 21 N–H and O–H groups in total. The van der Waals surface area contributed by atoms with Crippen LogP contribution in [0.25, 0.3) is 0 Å². The highest BCUT2D eigenvalue weighted by molar-refractivity contribution is 5.98. The zero-order valence-corrected chi connectivity index (χ0v) is 35.8. The molecule has 0 unspecified atom stereocenters. The van der Waals surface area contributed by atoms with Crippen molar-refractivity contribution < 1.29 is 63.3 Å². The van der Waals surface area contributed by atoms with Crippen LogP contribution in [-0.2, 0) is 47.9 Å². The van der Waals surface area contributed by atoms with Gasteiger partial charge in [-0.2, -0.15) is 0 Å². The van der Waals surface area contributed by atoms with Crippen molar-refractivity contribution in [3.63, 3.8) is 0 Å². The Labute approximate surface area is 363 Å². The van der Waals surface area contributed by atoms with Gasteiger partial charge in [0.15, 0.2) is 11.9 Å². The molecule has 0 heterocycles. The normalized spacial score (nSPS) is 14.2. The first-order chi connectivity index (χ1) is 29.2. The summed E-state index contributed by atoms with van der Waals surface area (Å²) in [7, 11) is 0. The highest BCUT2D eigenvalue weighted by atomic mass is 16.4. The van der Waals surface area contributed by atoms with Crippen molar-refractivity contribution in [3.8, 4) is 0 Å². The monoisotopic (exact) mass is 900 g/mol. The van der Waals surface area contributed by atoms with Crippen LogP contribution in [0, 0.1) is 11.8 Å². The summed E-state index contributed by atoms with van der Waals surface area (Å²) in [5, 5.41) is 42.3. The third-order valence-corrected chi connectivity index (χ3v) is 8.78. The number of nitrogens with zero attached hydrogens (tertiary/aromatic N) is 2. The number of carbonyl (C=O) groups excluding carboxylic acids is 7. The summed E-state index contributed by atoms with van der Waals surface area (Å²) in [6, 6.07) is -10.9. The molecular formula is C36H64N14O13. The van der Waals surface area contributed by atoms with Crippen LogP contribution in [0.3, 0.4) is 0 Å². The third kappa shape index (κ3) is 24.3. The first-order valence-electron chi connectivity index (χ1n) is 19.9. The SMILES string of the molecule is CC(C)C[C@H](NC(=O)[C@H](CCC(=O)O)NC(=O)[C@H](CC(=O)O)NC(=O)[C@H](CCCN=C(N)N)NC(=O)[C@@H](N)CCCN=C(N)N)C(=O)N[C@@H](CC(N)=O)C(=O)N[C@H](C(=O)O)C(C)C. The lowest BCUT2D eigenvalue weighted by molar-refractivity contribution is -0.144. The molecule has 0 aliphatic heterocycles. The van der Waals surface area contributed by atoms with Crippen LogP contribution in [0.4, 0.5) is 0 Å². The van der Waals surface area contributed by atoms with E-state index < -0.39 is 133 Å². The summed E-state index contributed by atoms with van der Waals surface area (Å²) in [6.45, 7) is 6.47. The molecule has 0 aromatic heterocycles. The Morgan fingerprint density at radius 2 is 0.921 bits per heavy atom. The molecule has 7 amide bonds. The Morgan fingerprint density at radius 3 is 1.37 bits per heavy atom. The molecule has 7 atom stereocenters. The van der Waals surface area contributed by atoms with Gasteiger partial charge in [0, 0.05) is 19.5 Å². The average Bonchev–Trinajstić information content (AvgIpc) is 3.15. The van der Waals surface area contributed by atoms with Gasteiger partial charge < -0.3 is 81.6 Å². The van der Waals surface area contributed by atoms with Gasteiger partial charge in [0.2, 0.25) is 41.4 Å². The second-order valence-electron chi connectivity index (χ2n) is 15.2. The third-order valence-electron chi connectivity index (χ3n) is 8.78. The van der Waals surface area contributed by atoms with E-state index >= 15 is 0 Å². The molecule has 356 valence electrons. The topological polar surface area (TPSA) is 484 Å². The number of primary amides is 1. The number of aliphatic imine (C=N–C) groups is 2. The molecule has 0 radical (unpaired) electrons. The number of aliphatic carboxylic acids is 3. The minimum atomic E-state index is -1.93. The Bertz CT molecular complexity index is 1680. The highest BCUT2D eigenvalue weighted by Crippen LogP contribution is 2.10. The van der Waals surface area contributed by atoms with Crippen LogP contribution >= 0.6 is 0 Å². The van der Waals surface area contributed by atoms with Crippen molar-refractivity contribution in [1.29, 1.82) is 0 Å². The molecule has 0 spiro atoms. The molecule has 0 aliphatic rings. The number of carboxylic acid groups (broad SMARTS) is 3. The van der Waals surface area contributed by atoms with Crippen molar-refractivity contribution in [2.45, 2.75) is 128 Å². The minimum absolute atomic E-state index is 0.00407. The molecule has 0 saturated carbocycles. The molecule has 0 aromatic carbocycles. The molecular weight excluding hydrogens is 836 g/mol. The maximum absolute atomic E-state index is 13.7. The van der Waals surface area contributed by atoms with Gasteiger partial charge in [-0.1, -0.05) is 27.7 Å². The summed E-state index contributed by atoms with van der Waals surface area (Å²) in [5.74, 6) is -13.2. The molecule has 63 heavy (non-hydrogen) atoms. The van der Waals surface area contributed by atoms with E-state index in [0.717, 1.165) is 0 Å².